The highest BCUT2D eigenvalue weighted by Crippen LogP contribution is 2.45. The predicted molar refractivity (Wildman–Crippen MR) is 377 cm³/mol. The van der Waals surface area contributed by atoms with Gasteiger partial charge in [-0.3, -0.25) is 37.3 Å². The van der Waals surface area contributed by atoms with Gasteiger partial charge in [-0.2, -0.15) is 0 Å². The first-order valence-electron chi connectivity index (χ1n) is 38.8. The monoisotopic (exact) mass is 1370 g/mol. The Morgan fingerprint density at radius 3 is 0.634 bits per heavy atom. The molecule has 0 aliphatic heterocycles. The van der Waals surface area contributed by atoms with Crippen molar-refractivity contribution in [3.63, 3.8) is 0 Å². The zero-order valence-corrected chi connectivity index (χ0v) is 62.0. The molecule has 0 saturated heterocycles. The van der Waals surface area contributed by atoms with Gasteiger partial charge in [0, 0.05) is 25.7 Å². The molecule has 0 heterocycles. The molecule has 0 spiro atoms. The van der Waals surface area contributed by atoms with Crippen LogP contribution >= 0.6 is 15.6 Å². The number of unbranched alkanes of at least 4 members (excludes halogenated alkanes) is 49. The summed E-state index contributed by atoms with van der Waals surface area (Å²) in [4.78, 5) is 72.7. The number of esters is 4. The lowest BCUT2D eigenvalue weighted by Crippen LogP contribution is -2.30. The van der Waals surface area contributed by atoms with Crippen LogP contribution in [0.1, 0.15) is 394 Å². The number of phosphoric acid groups is 2. The van der Waals surface area contributed by atoms with E-state index in [1.54, 1.807) is 0 Å². The van der Waals surface area contributed by atoms with Gasteiger partial charge >= 0.3 is 39.5 Å². The molecule has 0 fully saturated rings. The minimum Gasteiger partial charge on any atom is -0.462 e. The predicted octanol–water partition coefficient (Wildman–Crippen LogP) is 21.8. The number of carbonyl (C=O) groups is 4. The molecule has 0 aliphatic rings. The molecular formula is C74H144O17P2. The summed E-state index contributed by atoms with van der Waals surface area (Å²) < 4.78 is 68.4. The topological polar surface area (TPSA) is 237 Å². The van der Waals surface area contributed by atoms with Crippen molar-refractivity contribution in [2.75, 3.05) is 39.6 Å². The molecule has 17 nitrogen and oxygen atoms in total. The second-order valence-electron chi connectivity index (χ2n) is 26.7. The van der Waals surface area contributed by atoms with Gasteiger partial charge in [-0.1, -0.05) is 342 Å². The fourth-order valence-corrected chi connectivity index (χ4v) is 13.0. The van der Waals surface area contributed by atoms with E-state index in [4.69, 9.17) is 37.0 Å². The summed E-state index contributed by atoms with van der Waals surface area (Å²) in [5.74, 6) is -2.11. The zero-order chi connectivity index (χ0) is 68.2. The van der Waals surface area contributed by atoms with Crippen LogP contribution in [0.3, 0.4) is 0 Å². The maximum absolute atomic E-state index is 13.1. The van der Waals surface area contributed by atoms with Crippen LogP contribution < -0.4 is 0 Å². The van der Waals surface area contributed by atoms with E-state index in [0.717, 1.165) is 89.9 Å². The molecule has 0 aromatic rings. The van der Waals surface area contributed by atoms with Crippen molar-refractivity contribution in [2.45, 2.75) is 412 Å². The van der Waals surface area contributed by atoms with Gasteiger partial charge in [0.2, 0.25) is 0 Å². The van der Waals surface area contributed by atoms with Crippen LogP contribution in [0.15, 0.2) is 0 Å². The molecule has 2 unspecified atom stereocenters. The molecule has 552 valence electrons. The second-order valence-corrected chi connectivity index (χ2v) is 29.6. The standard InChI is InChI=1S/C74H144O17P2/c1-5-9-13-17-21-25-28-31-32-33-34-35-36-38-41-45-49-53-57-61-74(79)91-70(65-85-72(77)59-55-51-47-43-40-37-29-26-22-18-14-10-6-2)67-89-93(82,83)87-63-68(75)62-86-92(80,81)88-66-69(64-84-71(76)58-54-50-46-42-24-20-16-12-8-4)90-73(78)60-56-52-48-44-39-30-27-23-19-15-11-7-3/h68-70,75H,5-67H2,1-4H3,(H,80,81)(H,82,83)/t68-,69+,70+/m0/s1. The van der Waals surface area contributed by atoms with Crippen LogP contribution in [0.4, 0.5) is 0 Å². The highest BCUT2D eigenvalue weighted by Gasteiger charge is 2.30. The van der Waals surface area contributed by atoms with Gasteiger partial charge in [-0.25, -0.2) is 9.13 Å². The first-order chi connectivity index (χ1) is 45.2. The SMILES string of the molecule is CCCCCCCCCCCCCCCCCCCCCC(=O)O[C@H](COC(=O)CCCCCCCCCCCCCCC)COP(=O)(O)OC[C@@H](O)COP(=O)(O)OC[C@@H](COC(=O)CCCCCCCCCCC)OC(=O)CCCCCCCCCCCCCC. The van der Waals surface area contributed by atoms with E-state index in [-0.39, 0.29) is 25.7 Å². The number of ether oxygens (including phenoxy) is 4. The minimum atomic E-state index is -4.95. The van der Waals surface area contributed by atoms with E-state index in [9.17, 15) is 43.2 Å². The van der Waals surface area contributed by atoms with Gasteiger partial charge in [0.1, 0.15) is 19.3 Å². The Morgan fingerprint density at radius 2 is 0.430 bits per heavy atom. The summed E-state index contributed by atoms with van der Waals surface area (Å²) in [5.41, 5.74) is 0. The van der Waals surface area contributed by atoms with Gasteiger partial charge in [-0.05, 0) is 25.7 Å². The Morgan fingerprint density at radius 1 is 0.258 bits per heavy atom. The van der Waals surface area contributed by atoms with E-state index < -0.39 is 97.5 Å². The van der Waals surface area contributed by atoms with Gasteiger partial charge < -0.3 is 33.8 Å². The molecule has 0 aliphatic carbocycles. The third-order valence-corrected chi connectivity index (χ3v) is 19.3. The number of aliphatic hydroxyl groups excluding tert-OH is 1. The maximum atomic E-state index is 13.1. The molecule has 0 aromatic heterocycles. The number of phosphoric ester groups is 2. The third kappa shape index (κ3) is 68.4. The quantitative estimate of drug-likeness (QED) is 0.0222. The molecule has 3 N–H and O–H groups in total. The average Bonchev–Trinajstić information content (AvgIpc) is 3.01. The van der Waals surface area contributed by atoms with E-state index in [1.807, 2.05) is 0 Å². The summed E-state index contributed by atoms with van der Waals surface area (Å²) >= 11 is 0. The Bertz CT molecular complexity index is 1770. The normalized spacial score (nSPS) is 13.9. The third-order valence-electron chi connectivity index (χ3n) is 17.4. The van der Waals surface area contributed by atoms with Crippen LogP contribution in [0.25, 0.3) is 0 Å². The van der Waals surface area contributed by atoms with Crippen molar-refractivity contribution in [1.82, 2.24) is 0 Å². The van der Waals surface area contributed by atoms with Crippen LogP contribution in [0.5, 0.6) is 0 Å². The van der Waals surface area contributed by atoms with Crippen molar-refractivity contribution in [1.29, 1.82) is 0 Å². The van der Waals surface area contributed by atoms with Crippen LogP contribution in [0, 0.1) is 0 Å². The lowest BCUT2D eigenvalue weighted by Gasteiger charge is -2.21. The summed E-state index contributed by atoms with van der Waals surface area (Å²) in [6.07, 6.45) is 58.2. The highest BCUT2D eigenvalue weighted by molar-refractivity contribution is 7.47. The Balaban J connectivity index is 5.20. The van der Waals surface area contributed by atoms with Gasteiger partial charge in [0.15, 0.2) is 12.2 Å². The highest BCUT2D eigenvalue weighted by atomic mass is 31.2. The molecule has 0 aromatic carbocycles. The molecule has 19 heteroatoms. The average molecular weight is 1370 g/mol. The lowest BCUT2D eigenvalue weighted by atomic mass is 10.0. The fourth-order valence-electron chi connectivity index (χ4n) is 11.4. The minimum absolute atomic E-state index is 0.108. The Hall–Kier alpha value is -1.94. The van der Waals surface area contributed by atoms with E-state index in [2.05, 4.69) is 27.7 Å². The zero-order valence-electron chi connectivity index (χ0n) is 60.2. The van der Waals surface area contributed by atoms with E-state index in [0.29, 0.717) is 25.7 Å². The summed E-state index contributed by atoms with van der Waals surface area (Å²) in [6, 6.07) is 0. The smallest absolute Gasteiger partial charge is 0.462 e. The number of hydrogen-bond donors (Lipinski definition) is 3. The maximum Gasteiger partial charge on any atom is 0.472 e. The molecular weight excluding hydrogens is 1220 g/mol. The molecule has 5 atom stereocenters. The molecule has 0 amide bonds. The molecule has 0 radical (unpaired) electrons. The van der Waals surface area contributed by atoms with Gasteiger partial charge in [0.05, 0.1) is 26.4 Å². The summed E-state index contributed by atoms with van der Waals surface area (Å²) in [7, 11) is -9.90. The number of aliphatic hydroxyl groups is 1. The summed E-state index contributed by atoms with van der Waals surface area (Å²) in [5, 5.41) is 10.6. The van der Waals surface area contributed by atoms with Crippen molar-refractivity contribution >= 4 is 39.5 Å². The largest absolute Gasteiger partial charge is 0.472 e. The Kier molecular flexibility index (Phi) is 67.1. The van der Waals surface area contributed by atoms with Crippen molar-refractivity contribution < 1.29 is 80.2 Å². The molecule has 93 heavy (non-hydrogen) atoms. The van der Waals surface area contributed by atoms with Crippen molar-refractivity contribution in [3.05, 3.63) is 0 Å². The van der Waals surface area contributed by atoms with Gasteiger partial charge in [-0.15, -0.1) is 0 Å². The number of hydrogen-bond acceptors (Lipinski definition) is 15. The number of carbonyl (C=O) groups excluding carboxylic acids is 4. The van der Waals surface area contributed by atoms with Crippen LogP contribution in [0.2, 0.25) is 0 Å². The van der Waals surface area contributed by atoms with Crippen LogP contribution in [-0.2, 0) is 65.4 Å². The fraction of sp³-hybridized carbons (Fsp3) is 0.946. The molecule has 0 rings (SSSR count). The lowest BCUT2D eigenvalue weighted by molar-refractivity contribution is -0.161. The summed E-state index contributed by atoms with van der Waals surface area (Å²) in [6.45, 7) is 4.96. The van der Waals surface area contributed by atoms with E-state index in [1.165, 1.54) is 225 Å². The first-order valence-corrected chi connectivity index (χ1v) is 41.8. The number of rotatable bonds is 75. The van der Waals surface area contributed by atoms with Crippen molar-refractivity contribution in [2.24, 2.45) is 0 Å². The van der Waals surface area contributed by atoms with Crippen LogP contribution in [-0.4, -0.2) is 96.7 Å². The molecule has 0 bridgehead atoms. The van der Waals surface area contributed by atoms with Crippen molar-refractivity contribution in [3.8, 4) is 0 Å². The van der Waals surface area contributed by atoms with Gasteiger partial charge in [0.25, 0.3) is 0 Å². The first kappa shape index (κ1) is 91.1. The van der Waals surface area contributed by atoms with E-state index >= 15 is 0 Å². The Labute approximate surface area is 568 Å². The molecule has 0 saturated carbocycles. The second kappa shape index (κ2) is 68.6.